The highest BCUT2D eigenvalue weighted by molar-refractivity contribution is 7.89. The number of rotatable bonds is 4. The van der Waals surface area contributed by atoms with E-state index >= 15 is 0 Å². The van der Waals surface area contributed by atoms with Crippen molar-refractivity contribution in [1.29, 1.82) is 0 Å². The summed E-state index contributed by atoms with van der Waals surface area (Å²) < 4.78 is 37.6. The lowest BCUT2D eigenvalue weighted by Gasteiger charge is -2.26. The summed E-state index contributed by atoms with van der Waals surface area (Å²) in [6.07, 6.45) is 0.713. The second-order valence-electron chi connectivity index (χ2n) is 7.56. The Morgan fingerprint density at radius 2 is 1.88 bits per heavy atom. The van der Waals surface area contributed by atoms with E-state index in [-0.39, 0.29) is 12.5 Å². The van der Waals surface area contributed by atoms with Crippen LogP contribution in [0.4, 0.5) is 5.69 Å². The highest BCUT2D eigenvalue weighted by atomic mass is 32.2. The number of carbonyl (C=O) groups excluding carboxylic acids is 1. The maximum Gasteiger partial charge on any atom is 0.326 e. The Labute approximate surface area is 154 Å². The number of fused-ring (bicyclic) bond motifs is 1. The SMILES string of the molecule is CC(C)(C)OC(=O)CN1CCc2cc(S(=O)(=O)N3CCOCC3)ccc21. The van der Waals surface area contributed by atoms with Crippen LogP contribution in [0.5, 0.6) is 0 Å². The number of carbonyl (C=O) groups is 1. The smallest absolute Gasteiger partial charge is 0.326 e. The number of anilines is 1. The third-order valence-electron chi connectivity index (χ3n) is 4.39. The molecule has 0 spiro atoms. The largest absolute Gasteiger partial charge is 0.459 e. The fourth-order valence-corrected chi connectivity index (χ4v) is 4.70. The number of esters is 1. The van der Waals surface area contributed by atoms with E-state index in [9.17, 15) is 13.2 Å². The Balaban J connectivity index is 1.75. The van der Waals surface area contributed by atoms with E-state index in [4.69, 9.17) is 9.47 Å². The Morgan fingerprint density at radius 1 is 1.19 bits per heavy atom. The first-order valence-electron chi connectivity index (χ1n) is 8.84. The molecule has 0 N–H and O–H groups in total. The lowest BCUT2D eigenvalue weighted by Crippen LogP contribution is -2.40. The number of hydrogen-bond acceptors (Lipinski definition) is 6. The van der Waals surface area contributed by atoms with Gasteiger partial charge in [0.1, 0.15) is 12.1 Å². The van der Waals surface area contributed by atoms with Gasteiger partial charge in [-0.15, -0.1) is 0 Å². The Morgan fingerprint density at radius 3 is 2.54 bits per heavy atom. The minimum Gasteiger partial charge on any atom is -0.459 e. The van der Waals surface area contributed by atoms with Gasteiger partial charge in [0.2, 0.25) is 10.0 Å². The Kier molecular flexibility index (Phi) is 5.28. The quantitative estimate of drug-likeness (QED) is 0.733. The van der Waals surface area contributed by atoms with Crippen LogP contribution in [0.1, 0.15) is 26.3 Å². The van der Waals surface area contributed by atoms with Gasteiger partial charge < -0.3 is 14.4 Å². The Bertz CT molecular complexity index is 779. The van der Waals surface area contributed by atoms with Crippen molar-refractivity contribution in [2.45, 2.75) is 37.7 Å². The number of benzene rings is 1. The number of ether oxygens (including phenoxy) is 2. The number of nitrogens with zero attached hydrogens (tertiary/aromatic N) is 2. The molecule has 0 bridgehead atoms. The first-order valence-corrected chi connectivity index (χ1v) is 10.3. The molecule has 2 aliphatic heterocycles. The van der Waals surface area contributed by atoms with Gasteiger partial charge in [0, 0.05) is 25.3 Å². The van der Waals surface area contributed by atoms with Crippen LogP contribution >= 0.6 is 0 Å². The van der Waals surface area contributed by atoms with Crippen LogP contribution in [0.2, 0.25) is 0 Å². The summed E-state index contributed by atoms with van der Waals surface area (Å²) in [6, 6.07) is 5.15. The first kappa shape index (κ1) is 19.1. The summed E-state index contributed by atoms with van der Waals surface area (Å²) in [5.74, 6) is -0.282. The predicted octanol–water partition coefficient (Wildman–Crippen LogP) is 1.41. The second-order valence-corrected chi connectivity index (χ2v) is 9.50. The average Bonchev–Trinajstić information content (AvgIpc) is 2.96. The fourth-order valence-electron chi connectivity index (χ4n) is 3.24. The van der Waals surface area contributed by atoms with Crippen LogP contribution in [0.15, 0.2) is 23.1 Å². The van der Waals surface area contributed by atoms with Crippen LogP contribution in [0, 0.1) is 0 Å². The van der Waals surface area contributed by atoms with Gasteiger partial charge in [-0.1, -0.05) is 0 Å². The number of sulfonamides is 1. The number of hydrogen-bond donors (Lipinski definition) is 0. The molecule has 0 aliphatic carbocycles. The van der Waals surface area contributed by atoms with Crippen molar-refractivity contribution in [3.8, 4) is 0 Å². The molecule has 0 atom stereocenters. The van der Waals surface area contributed by atoms with Crippen LogP contribution in [-0.4, -0.2) is 63.7 Å². The zero-order valence-electron chi connectivity index (χ0n) is 15.5. The van der Waals surface area contributed by atoms with Crippen molar-refractivity contribution in [2.75, 3.05) is 44.3 Å². The fraction of sp³-hybridized carbons (Fsp3) is 0.611. The summed E-state index contributed by atoms with van der Waals surface area (Å²) in [4.78, 5) is 14.3. The molecule has 26 heavy (non-hydrogen) atoms. The van der Waals surface area contributed by atoms with Gasteiger partial charge in [-0.3, -0.25) is 4.79 Å². The predicted molar refractivity (Wildman–Crippen MR) is 97.8 cm³/mol. The minimum atomic E-state index is -3.50. The zero-order chi connectivity index (χ0) is 18.9. The van der Waals surface area contributed by atoms with E-state index in [1.165, 1.54) is 4.31 Å². The first-order chi connectivity index (χ1) is 12.2. The molecule has 3 rings (SSSR count). The van der Waals surface area contributed by atoms with E-state index < -0.39 is 15.6 Å². The van der Waals surface area contributed by atoms with Gasteiger partial charge in [0.15, 0.2) is 0 Å². The summed E-state index contributed by atoms with van der Waals surface area (Å²) in [7, 11) is -3.50. The van der Waals surface area contributed by atoms with Gasteiger partial charge in [-0.05, 0) is 51.0 Å². The molecular weight excluding hydrogens is 356 g/mol. The molecule has 1 aromatic rings. The number of morpholine rings is 1. The molecule has 2 heterocycles. The molecule has 0 saturated carbocycles. The van der Waals surface area contributed by atoms with Crippen molar-refractivity contribution in [3.05, 3.63) is 23.8 Å². The van der Waals surface area contributed by atoms with Gasteiger partial charge >= 0.3 is 5.97 Å². The highest BCUT2D eigenvalue weighted by Crippen LogP contribution is 2.31. The van der Waals surface area contributed by atoms with Crippen LogP contribution in [-0.2, 0) is 30.7 Å². The van der Waals surface area contributed by atoms with E-state index in [1.807, 2.05) is 25.7 Å². The topological polar surface area (TPSA) is 76.2 Å². The highest BCUT2D eigenvalue weighted by Gasteiger charge is 2.29. The molecule has 1 saturated heterocycles. The molecule has 8 heteroatoms. The minimum absolute atomic E-state index is 0.166. The van der Waals surface area contributed by atoms with Crippen LogP contribution in [0.3, 0.4) is 0 Å². The second kappa shape index (κ2) is 7.17. The molecule has 7 nitrogen and oxygen atoms in total. The third kappa shape index (κ3) is 4.19. The molecular formula is C18H26N2O5S. The summed E-state index contributed by atoms with van der Waals surface area (Å²) in [6.45, 7) is 7.97. The van der Waals surface area contributed by atoms with Gasteiger partial charge in [-0.2, -0.15) is 4.31 Å². The van der Waals surface area contributed by atoms with Crippen LogP contribution < -0.4 is 4.90 Å². The lowest BCUT2D eigenvalue weighted by molar-refractivity contribution is -0.152. The third-order valence-corrected chi connectivity index (χ3v) is 6.29. The normalized spacial score (nSPS) is 18.7. The van der Waals surface area contributed by atoms with Crippen molar-refractivity contribution in [2.24, 2.45) is 0 Å². The van der Waals surface area contributed by atoms with Gasteiger partial charge in [0.25, 0.3) is 0 Å². The molecule has 0 radical (unpaired) electrons. The summed E-state index contributed by atoms with van der Waals surface area (Å²) in [5, 5.41) is 0. The Hall–Kier alpha value is -1.64. The molecule has 0 unspecified atom stereocenters. The molecule has 144 valence electrons. The maximum atomic E-state index is 12.8. The maximum absolute atomic E-state index is 12.8. The average molecular weight is 382 g/mol. The molecule has 1 fully saturated rings. The van der Waals surface area contributed by atoms with Crippen molar-refractivity contribution in [3.63, 3.8) is 0 Å². The zero-order valence-corrected chi connectivity index (χ0v) is 16.3. The van der Waals surface area contributed by atoms with Crippen molar-refractivity contribution >= 4 is 21.7 Å². The van der Waals surface area contributed by atoms with Gasteiger partial charge in [0.05, 0.1) is 18.1 Å². The molecule has 1 aromatic carbocycles. The van der Waals surface area contributed by atoms with Crippen molar-refractivity contribution in [1.82, 2.24) is 4.31 Å². The summed E-state index contributed by atoms with van der Waals surface area (Å²) >= 11 is 0. The molecule has 2 aliphatic rings. The summed E-state index contributed by atoms with van der Waals surface area (Å²) in [5.41, 5.74) is 1.33. The standard InChI is InChI=1S/C18H26N2O5S/c1-18(2,3)25-17(21)13-19-7-6-14-12-15(4-5-16(14)19)26(22,23)20-8-10-24-11-9-20/h4-5,12H,6-11,13H2,1-3H3. The van der Waals surface area contributed by atoms with E-state index in [1.54, 1.807) is 18.2 Å². The van der Waals surface area contributed by atoms with Gasteiger partial charge in [-0.25, -0.2) is 8.42 Å². The molecule has 0 aromatic heterocycles. The monoisotopic (exact) mass is 382 g/mol. The van der Waals surface area contributed by atoms with E-state index in [0.29, 0.717) is 44.2 Å². The molecule has 0 amide bonds. The van der Waals surface area contributed by atoms with E-state index in [2.05, 4.69) is 0 Å². The van der Waals surface area contributed by atoms with Crippen LogP contribution in [0.25, 0.3) is 0 Å². The van der Waals surface area contributed by atoms with E-state index in [0.717, 1.165) is 11.3 Å². The van der Waals surface area contributed by atoms with Crippen molar-refractivity contribution < 1.29 is 22.7 Å². The lowest BCUT2D eigenvalue weighted by atomic mass is 10.2.